The molecule has 0 saturated carbocycles. The fourth-order valence-corrected chi connectivity index (χ4v) is 1.56. The Kier molecular flexibility index (Phi) is 7.62. The number of esters is 1. The molecule has 0 aliphatic rings. The van der Waals surface area contributed by atoms with Gasteiger partial charge >= 0.3 is 5.97 Å². The minimum atomic E-state index is -0.324. The summed E-state index contributed by atoms with van der Waals surface area (Å²) in [5.74, 6) is 0.531. The summed E-state index contributed by atoms with van der Waals surface area (Å²) in [6, 6.07) is 7.90. The molecule has 0 bridgehead atoms. The van der Waals surface area contributed by atoms with Crippen molar-refractivity contribution < 1.29 is 19.0 Å². The van der Waals surface area contributed by atoms with Crippen LogP contribution in [0.2, 0.25) is 0 Å². The number of hydrogen-bond acceptors (Lipinski definition) is 5. The van der Waals surface area contributed by atoms with Crippen LogP contribution in [-0.2, 0) is 20.8 Å². The van der Waals surface area contributed by atoms with Gasteiger partial charge in [0.15, 0.2) is 0 Å². The lowest BCUT2D eigenvalue weighted by atomic mass is 10.2. The number of carbonyl (C=O) groups is 1. The van der Waals surface area contributed by atoms with Crippen LogP contribution in [0.1, 0.15) is 12.0 Å². The fraction of sp³-hybridized carbons (Fsp3) is 0.500. The standard InChI is InChI=1S/C14H21NO4/c1-17-11-14(16)19-8-4-7-15-10-12-5-3-6-13(9-12)18-2/h3,5-6,9,15H,4,7-8,10-11H2,1-2H3. The second-order valence-electron chi connectivity index (χ2n) is 4.04. The average Bonchev–Trinajstić information content (AvgIpc) is 2.43. The first-order valence-corrected chi connectivity index (χ1v) is 6.24. The molecule has 0 aliphatic carbocycles. The lowest BCUT2D eigenvalue weighted by molar-refractivity contribution is -0.147. The third-order valence-electron chi connectivity index (χ3n) is 2.49. The maximum atomic E-state index is 11.0. The normalized spacial score (nSPS) is 10.2. The van der Waals surface area contributed by atoms with E-state index in [-0.39, 0.29) is 12.6 Å². The Morgan fingerprint density at radius 2 is 2.16 bits per heavy atom. The summed E-state index contributed by atoms with van der Waals surface area (Å²) in [6.45, 7) is 1.98. The third-order valence-corrected chi connectivity index (χ3v) is 2.49. The number of carbonyl (C=O) groups excluding carboxylic acids is 1. The molecule has 19 heavy (non-hydrogen) atoms. The molecule has 0 atom stereocenters. The maximum Gasteiger partial charge on any atom is 0.332 e. The van der Waals surface area contributed by atoms with Crippen LogP contribution in [-0.4, -0.2) is 39.9 Å². The zero-order valence-corrected chi connectivity index (χ0v) is 11.5. The van der Waals surface area contributed by atoms with Crippen molar-refractivity contribution in [3.8, 4) is 5.75 Å². The molecule has 0 saturated heterocycles. The number of hydrogen-bond donors (Lipinski definition) is 1. The van der Waals surface area contributed by atoms with E-state index in [4.69, 9.17) is 9.47 Å². The molecule has 0 aromatic heterocycles. The van der Waals surface area contributed by atoms with E-state index in [9.17, 15) is 4.79 Å². The summed E-state index contributed by atoms with van der Waals surface area (Å²) < 4.78 is 14.8. The van der Waals surface area contributed by atoms with Gasteiger partial charge in [-0.2, -0.15) is 0 Å². The summed E-state index contributed by atoms with van der Waals surface area (Å²) in [6.07, 6.45) is 0.777. The van der Waals surface area contributed by atoms with E-state index in [0.717, 1.165) is 30.8 Å². The first-order chi connectivity index (χ1) is 9.26. The number of nitrogens with one attached hydrogen (secondary N) is 1. The van der Waals surface area contributed by atoms with Gasteiger partial charge in [-0.25, -0.2) is 4.79 Å². The van der Waals surface area contributed by atoms with E-state index in [2.05, 4.69) is 10.1 Å². The summed E-state index contributed by atoms with van der Waals surface area (Å²) >= 11 is 0. The van der Waals surface area contributed by atoms with Crippen LogP contribution in [0.15, 0.2) is 24.3 Å². The molecule has 1 aromatic carbocycles. The molecule has 0 spiro atoms. The first kappa shape index (κ1) is 15.5. The van der Waals surface area contributed by atoms with Crippen molar-refractivity contribution in [3.63, 3.8) is 0 Å². The van der Waals surface area contributed by atoms with Crippen molar-refractivity contribution in [2.75, 3.05) is 34.0 Å². The Labute approximate surface area is 113 Å². The van der Waals surface area contributed by atoms with E-state index >= 15 is 0 Å². The monoisotopic (exact) mass is 267 g/mol. The zero-order chi connectivity index (χ0) is 13.9. The molecule has 0 unspecified atom stereocenters. The Morgan fingerprint density at radius 1 is 1.32 bits per heavy atom. The highest BCUT2D eigenvalue weighted by atomic mass is 16.6. The van der Waals surface area contributed by atoms with E-state index in [0.29, 0.717) is 6.61 Å². The van der Waals surface area contributed by atoms with E-state index in [1.54, 1.807) is 7.11 Å². The molecular weight excluding hydrogens is 246 g/mol. The molecule has 1 N–H and O–H groups in total. The van der Waals surface area contributed by atoms with Crippen molar-refractivity contribution in [1.82, 2.24) is 5.32 Å². The summed E-state index contributed by atoms with van der Waals surface area (Å²) in [7, 11) is 3.12. The van der Waals surface area contributed by atoms with Crippen LogP contribution in [0.25, 0.3) is 0 Å². The van der Waals surface area contributed by atoms with E-state index < -0.39 is 0 Å². The molecule has 0 fully saturated rings. The number of methoxy groups -OCH3 is 2. The molecule has 0 aliphatic heterocycles. The van der Waals surface area contributed by atoms with Gasteiger partial charge in [-0.15, -0.1) is 0 Å². The average molecular weight is 267 g/mol. The SMILES string of the molecule is COCC(=O)OCCCNCc1cccc(OC)c1. The van der Waals surface area contributed by atoms with Crippen molar-refractivity contribution >= 4 is 5.97 Å². The third kappa shape index (κ3) is 6.79. The highest BCUT2D eigenvalue weighted by molar-refractivity contribution is 5.70. The van der Waals surface area contributed by atoms with Crippen LogP contribution in [0.5, 0.6) is 5.75 Å². The van der Waals surface area contributed by atoms with Gasteiger partial charge in [0, 0.05) is 13.7 Å². The molecule has 5 nitrogen and oxygen atoms in total. The molecule has 5 heteroatoms. The molecule has 0 amide bonds. The molecule has 106 valence electrons. The lowest BCUT2D eigenvalue weighted by Crippen LogP contribution is -2.18. The topological polar surface area (TPSA) is 56.8 Å². The van der Waals surface area contributed by atoms with Crippen LogP contribution < -0.4 is 10.1 Å². The van der Waals surface area contributed by atoms with Gasteiger partial charge in [-0.05, 0) is 30.7 Å². The van der Waals surface area contributed by atoms with Crippen LogP contribution in [0, 0.1) is 0 Å². The van der Waals surface area contributed by atoms with Crippen LogP contribution in [0.4, 0.5) is 0 Å². The Bertz CT molecular complexity index is 381. The number of rotatable bonds is 9. The van der Waals surface area contributed by atoms with Crippen molar-refractivity contribution in [1.29, 1.82) is 0 Å². The lowest BCUT2D eigenvalue weighted by Gasteiger charge is -2.07. The second kappa shape index (κ2) is 9.35. The van der Waals surface area contributed by atoms with Crippen molar-refractivity contribution in [2.24, 2.45) is 0 Å². The minimum Gasteiger partial charge on any atom is -0.497 e. The van der Waals surface area contributed by atoms with Crippen LogP contribution in [0.3, 0.4) is 0 Å². The Balaban J connectivity index is 2.08. The molecular formula is C14H21NO4. The Hall–Kier alpha value is -1.59. The summed E-state index contributed by atoms with van der Waals surface area (Å²) in [5, 5.41) is 3.28. The predicted molar refractivity (Wildman–Crippen MR) is 72.2 cm³/mol. The van der Waals surface area contributed by atoms with Gasteiger partial charge < -0.3 is 19.5 Å². The molecule has 0 heterocycles. The quantitative estimate of drug-likeness (QED) is 0.541. The highest BCUT2D eigenvalue weighted by Gasteiger charge is 2.00. The van der Waals surface area contributed by atoms with Gasteiger partial charge in [0.1, 0.15) is 12.4 Å². The highest BCUT2D eigenvalue weighted by Crippen LogP contribution is 2.11. The van der Waals surface area contributed by atoms with Gasteiger partial charge in [0.25, 0.3) is 0 Å². The smallest absolute Gasteiger partial charge is 0.332 e. The molecule has 1 aromatic rings. The second-order valence-corrected chi connectivity index (χ2v) is 4.04. The molecule has 0 radical (unpaired) electrons. The predicted octanol–water partition coefficient (Wildman–Crippen LogP) is 1.36. The van der Waals surface area contributed by atoms with Gasteiger partial charge in [-0.3, -0.25) is 0 Å². The maximum absolute atomic E-state index is 11.0. The molecule has 1 rings (SSSR count). The zero-order valence-electron chi connectivity index (χ0n) is 11.5. The van der Waals surface area contributed by atoms with Gasteiger partial charge in [0.05, 0.1) is 13.7 Å². The Morgan fingerprint density at radius 3 is 2.89 bits per heavy atom. The fourth-order valence-electron chi connectivity index (χ4n) is 1.56. The van der Waals surface area contributed by atoms with E-state index in [1.165, 1.54) is 7.11 Å². The van der Waals surface area contributed by atoms with Gasteiger partial charge in [-0.1, -0.05) is 12.1 Å². The summed E-state index contributed by atoms with van der Waals surface area (Å²) in [5.41, 5.74) is 1.16. The van der Waals surface area contributed by atoms with E-state index in [1.807, 2.05) is 24.3 Å². The number of benzene rings is 1. The minimum absolute atomic E-state index is 0.0111. The van der Waals surface area contributed by atoms with Crippen molar-refractivity contribution in [3.05, 3.63) is 29.8 Å². The first-order valence-electron chi connectivity index (χ1n) is 6.24. The van der Waals surface area contributed by atoms with Gasteiger partial charge in [0.2, 0.25) is 0 Å². The van der Waals surface area contributed by atoms with Crippen molar-refractivity contribution in [2.45, 2.75) is 13.0 Å². The van der Waals surface area contributed by atoms with Crippen LogP contribution >= 0.6 is 0 Å². The largest absolute Gasteiger partial charge is 0.497 e. The number of ether oxygens (including phenoxy) is 3. The summed E-state index contributed by atoms with van der Waals surface area (Å²) in [4.78, 5) is 11.0.